The standard InChI is InChI=1S/C34H48N4O3S2/c1-31(2,3)20-33(7,8)37-27(39)19-26(29(41)38-34(9,10)21-32(4,5)6)43-30-36-24-17-16-22(18-25(24)42-30)28(40)35-23-14-12-11-13-15-23/h11-18,26H,19-21H2,1-10H3,(H,35,40)(H,37,39)(H,38,41). The molecule has 7 nitrogen and oxygen atoms in total. The van der Waals surface area contributed by atoms with Crippen LogP contribution in [0.3, 0.4) is 0 Å². The molecular weight excluding hydrogens is 577 g/mol. The smallest absolute Gasteiger partial charge is 0.255 e. The molecule has 3 rings (SSSR count). The molecule has 43 heavy (non-hydrogen) atoms. The summed E-state index contributed by atoms with van der Waals surface area (Å²) in [6.07, 6.45) is 1.60. The molecule has 0 spiro atoms. The first-order valence-corrected chi connectivity index (χ1v) is 16.5. The van der Waals surface area contributed by atoms with E-state index in [-0.39, 0.29) is 35.0 Å². The van der Waals surface area contributed by atoms with Crippen molar-refractivity contribution < 1.29 is 14.4 Å². The van der Waals surface area contributed by atoms with Gasteiger partial charge < -0.3 is 16.0 Å². The normalized spacial score (nSPS) is 13.4. The largest absolute Gasteiger partial charge is 0.351 e. The number of para-hydroxylation sites is 1. The quantitative estimate of drug-likeness (QED) is 0.187. The first kappa shape index (κ1) is 34.6. The molecule has 0 aliphatic carbocycles. The van der Waals surface area contributed by atoms with Crippen molar-refractivity contribution in [2.75, 3.05) is 5.32 Å². The number of carbonyl (C=O) groups excluding carboxylic acids is 3. The Bertz CT molecular complexity index is 1430. The molecule has 9 heteroatoms. The van der Waals surface area contributed by atoms with Crippen LogP contribution >= 0.6 is 23.1 Å². The fourth-order valence-electron chi connectivity index (χ4n) is 5.88. The van der Waals surface area contributed by atoms with E-state index in [4.69, 9.17) is 4.98 Å². The zero-order valence-corrected chi connectivity index (χ0v) is 28.9. The van der Waals surface area contributed by atoms with E-state index in [1.54, 1.807) is 6.07 Å². The van der Waals surface area contributed by atoms with Gasteiger partial charge in [0.15, 0.2) is 4.34 Å². The van der Waals surface area contributed by atoms with E-state index in [1.807, 2.05) is 70.2 Å². The second-order valence-corrected chi connectivity index (χ2v) is 17.6. The predicted molar refractivity (Wildman–Crippen MR) is 181 cm³/mol. The maximum atomic E-state index is 13.7. The van der Waals surface area contributed by atoms with Gasteiger partial charge in [0.1, 0.15) is 0 Å². The predicted octanol–water partition coefficient (Wildman–Crippen LogP) is 8.06. The summed E-state index contributed by atoms with van der Waals surface area (Å²) in [5, 5.41) is 8.60. The highest BCUT2D eigenvalue weighted by atomic mass is 32.2. The lowest BCUT2D eigenvalue weighted by Crippen LogP contribution is -2.51. The van der Waals surface area contributed by atoms with Crippen LogP contribution in [0.15, 0.2) is 52.9 Å². The monoisotopic (exact) mass is 624 g/mol. The van der Waals surface area contributed by atoms with Crippen LogP contribution in [-0.4, -0.2) is 39.0 Å². The molecule has 1 aromatic heterocycles. The van der Waals surface area contributed by atoms with E-state index in [0.717, 1.165) is 28.7 Å². The molecule has 1 unspecified atom stereocenters. The van der Waals surface area contributed by atoms with Crippen molar-refractivity contribution in [1.29, 1.82) is 0 Å². The van der Waals surface area contributed by atoms with Crippen molar-refractivity contribution in [3.63, 3.8) is 0 Å². The molecule has 0 aliphatic rings. The maximum Gasteiger partial charge on any atom is 0.255 e. The van der Waals surface area contributed by atoms with E-state index in [2.05, 4.69) is 57.5 Å². The van der Waals surface area contributed by atoms with Crippen molar-refractivity contribution in [2.24, 2.45) is 10.8 Å². The molecule has 0 fully saturated rings. The van der Waals surface area contributed by atoms with Crippen LogP contribution in [0.1, 0.15) is 98.9 Å². The number of carbonyl (C=O) groups is 3. The lowest BCUT2D eigenvalue weighted by Gasteiger charge is -2.35. The van der Waals surface area contributed by atoms with Crippen LogP contribution in [0, 0.1) is 10.8 Å². The first-order valence-electron chi connectivity index (χ1n) is 14.8. The fourth-order valence-corrected chi connectivity index (χ4v) is 8.22. The van der Waals surface area contributed by atoms with Gasteiger partial charge in [-0.1, -0.05) is 71.5 Å². The highest BCUT2D eigenvalue weighted by molar-refractivity contribution is 8.02. The Kier molecular flexibility index (Phi) is 10.8. The van der Waals surface area contributed by atoms with Gasteiger partial charge in [-0.25, -0.2) is 4.98 Å². The summed E-state index contributed by atoms with van der Waals surface area (Å²) in [5.41, 5.74) is 1.18. The Labute approximate surface area is 265 Å². The molecule has 0 aliphatic heterocycles. The Morgan fingerprint density at radius 3 is 1.98 bits per heavy atom. The summed E-state index contributed by atoms with van der Waals surface area (Å²) in [4.78, 5) is 44.6. The number of nitrogens with one attached hydrogen (secondary N) is 3. The van der Waals surface area contributed by atoms with E-state index in [9.17, 15) is 14.4 Å². The number of anilines is 1. The van der Waals surface area contributed by atoms with Crippen LogP contribution < -0.4 is 16.0 Å². The summed E-state index contributed by atoms with van der Waals surface area (Å²) < 4.78 is 1.51. The van der Waals surface area contributed by atoms with Crippen molar-refractivity contribution in [2.45, 2.75) is 109 Å². The number of thiazole rings is 1. The zero-order valence-electron chi connectivity index (χ0n) is 27.3. The van der Waals surface area contributed by atoms with Crippen LogP contribution in [0.5, 0.6) is 0 Å². The lowest BCUT2D eigenvalue weighted by atomic mass is 9.81. The molecular formula is C34H48N4O3S2. The average molecular weight is 625 g/mol. The van der Waals surface area contributed by atoms with Gasteiger partial charge in [-0.2, -0.15) is 0 Å². The molecule has 3 aromatic rings. The molecule has 0 saturated carbocycles. The van der Waals surface area contributed by atoms with E-state index >= 15 is 0 Å². The van der Waals surface area contributed by atoms with Crippen LogP contribution in [-0.2, 0) is 9.59 Å². The van der Waals surface area contributed by atoms with E-state index in [1.165, 1.54) is 23.1 Å². The minimum atomic E-state index is -0.675. The number of hydrogen-bond donors (Lipinski definition) is 3. The number of benzene rings is 2. The van der Waals surface area contributed by atoms with Gasteiger partial charge in [-0.05, 0) is 81.7 Å². The highest BCUT2D eigenvalue weighted by Gasteiger charge is 2.34. The van der Waals surface area contributed by atoms with Gasteiger partial charge in [-0.3, -0.25) is 14.4 Å². The Balaban J connectivity index is 1.82. The topological polar surface area (TPSA) is 100 Å². The SMILES string of the molecule is CC(C)(C)CC(C)(C)NC(=O)CC(Sc1nc2ccc(C(=O)Nc3ccccc3)cc2s1)C(=O)NC(C)(C)CC(C)(C)C. The van der Waals surface area contributed by atoms with E-state index in [0.29, 0.717) is 9.90 Å². The fraction of sp³-hybridized carbons (Fsp3) is 0.529. The number of rotatable bonds is 11. The van der Waals surface area contributed by atoms with Crippen molar-refractivity contribution in [3.8, 4) is 0 Å². The minimum Gasteiger partial charge on any atom is -0.351 e. The van der Waals surface area contributed by atoms with Gasteiger partial charge in [-0.15, -0.1) is 11.3 Å². The Hall–Kier alpha value is -2.91. The summed E-state index contributed by atoms with van der Waals surface area (Å²) in [6.45, 7) is 21.0. The summed E-state index contributed by atoms with van der Waals surface area (Å²) in [6, 6.07) is 14.7. The molecule has 1 atom stereocenters. The van der Waals surface area contributed by atoms with Crippen molar-refractivity contribution >= 4 is 56.7 Å². The van der Waals surface area contributed by atoms with Crippen molar-refractivity contribution in [3.05, 3.63) is 54.1 Å². The molecule has 0 radical (unpaired) electrons. The molecule has 2 aromatic carbocycles. The average Bonchev–Trinajstić information content (AvgIpc) is 3.22. The maximum absolute atomic E-state index is 13.7. The number of aromatic nitrogens is 1. The number of amides is 3. The van der Waals surface area contributed by atoms with Crippen molar-refractivity contribution in [1.82, 2.24) is 15.6 Å². The van der Waals surface area contributed by atoms with Gasteiger partial charge in [0.05, 0.1) is 15.5 Å². The lowest BCUT2D eigenvalue weighted by molar-refractivity contribution is -0.128. The molecule has 3 amide bonds. The minimum absolute atomic E-state index is 0.0192. The van der Waals surface area contributed by atoms with Gasteiger partial charge in [0.25, 0.3) is 5.91 Å². The second-order valence-electron chi connectivity index (χ2n) is 15.1. The first-order chi connectivity index (χ1) is 19.7. The summed E-state index contributed by atoms with van der Waals surface area (Å²) in [5.74, 6) is -0.565. The number of fused-ring (bicyclic) bond motifs is 1. The Morgan fingerprint density at radius 2 is 1.40 bits per heavy atom. The van der Waals surface area contributed by atoms with Gasteiger partial charge in [0.2, 0.25) is 11.8 Å². The third-order valence-electron chi connectivity index (χ3n) is 6.45. The molecule has 234 valence electrons. The third-order valence-corrected chi connectivity index (χ3v) is 8.76. The third kappa shape index (κ3) is 11.6. The van der Waals surface area contributed by atoms with E-state index < -0.39 is 16.3 Å². The molecule has 0 bridgehead atoms. The number of nitrogens with zero attached hydrogens (tertiary/aromatic N) is 1. The molecule has 3 N–H and O–H groups in total. The van der Waals surface area contributed by atoms with Gasteiger partial charge >= 0.3 is 0 Å². The number of hydrogen-bond acceptors (Lipinski definition) is 6. The number of thioether (sulfide) groups is 1. The second kappa shape index (κ2) is 13.4. The summed E-state index contributed by atoms with van der Waals surface area (Å²) in [7, 11) is 0. The highest BCUT2D eigenvalue weighted by Crippen LogP contribution is 2.35. The van der Waals surface area contributed by atoms with Gasteiger partial charge in [0, 0.05) is 28.7 Å². The van der Waals surface area contributed by atoms with Crippen LogP contribution in [0.2, 0.25) is 0 Å². The van der Waals surface area contributed by atoms with Crippen LogP contribution in [0.4, 0.5) is 5.69 Å². The Morgan fingerprint density at radius 1 is 0.814 bits per heavy atom. The summed E-state index contributed by atoms with van der Waals surface area (Å²) >= 11 is 2.72. The van der Waals surface area contributed by atoms with Crippen LogP contribution in [0.25, 0.3) is 10.2 Å². The molecule has 0 saturated heterocycles. The zero-order chi connectivity index (χ0) is 32.2. The molecule has 1 heterocycles.